The lowest BCUT2D eigenvalue weighted by Crippen LogP contribution is -2.55. The van der Waals surface area contributed by atoms with Crippen LogP contribution in [0.25, 0.3) is 0 Å². The molecule has 2 nitrogen and oxygen atoms in total. The lowest BCUT2D eigenvalue weighted by Gasteiger charge is -2.52. The van der Waals surface area contributed by atoms with E-state index in [4.69, 9.17) is 9.47 Å². The van der Waals surface area contributed by atoms with Crippen molar-refractivity contribution in [3.63, 3.8) is 0 Å². The number of halogens is 1. The summed E-state index contributed by atoms with van der Waals surface area (Å²) in [6.07, 6.45) is 1.82. The van der Waals surface area contributed by atoms with Crippen molar-refractivity contribution in [3.05, 3.63) is 34.3 Å². The van der Waals surface area contributed by atoms with E-state index >= 15 is 0 Å². The highest BCUT2D eigenvalue weighted by Gasteiger charge is 2.53. The second-order valence-electron chi connectivity index (χ2n) is 4.74. The molecule has 0 bridgehead atoms. The van der Waals surface area contributed by atoms with Crippen molar-refractivity contribution in [3.8, 4) is 0 Å². The Hall–Kier alpha value is -0.380. The van der Waals surface area contributed by atoms with E-state index in [0.717, 1.165) is 17.3 Å². The van der Waals surface area contributed by atoms with Crippen LogP contribution in [0.3, 0.4) is 0 Å². The van der Waals surface area contributed by atoms with E-state index in [1.165, 1.54) is 5.56 Å². The fourth-order valence-electron chi connectivity index (χ4n) is 2.57. The van der Waals surface area contributed by atoms with Crippen LogP contribution in [0.5, 0.6) is 0 Å². The predicted molar refractivity (Wildman–Crippen MR) is 67.5 cm³/mol. The summed E-state index contributed by atoms with van der Waals surface area (Å²) in [5, 5.41) is 0. The molecular weight excluding hydrogens is 268 g/mol. The van der Waals surface area contributed by atoms with Gasteiger partial charge in [0.1, 0.15) is 0 Å². The maximum atomic E-state index is 5.43. The van der Waals surface area contributed by atoms with Gasteiger partial charge in [-0.2, -0.15) is 0 Å². The summed E-state index contributed by atoms with van der Waals surface area (Å²) >= 11 is 3.45. The first-order chi connectivity index (χ1) is 7.53. The topological polar surface area (TPSA) is 18.5 Å². The molecular formula is C13H17BrO2. The summed E-state index contributed by atoms with van der Waals surface area (Å²) in [5.41, 5.74) is 1.52. The summed E-state index contributed by atoms with van der Waals surface area (Å²) in [4.78, 5) is 0. The molecule has 0 radical (unpaired) electrons. The molecule has 16 heavy (non-hydrogen) atoms. The molecule has 2 rings (SSSR count). The molecule has 1 aliphatic carbocycles. The smallest absolute Gasteiger partial charge is 0.169 e. The SMILES string of the molecule is COC1(OC)CC(C)(c2ccc(Br)cc2)C1. The molecule has 3 heteroatoms. The van der Waals surface area contributed by atoms with Crippen LogP contribution in [-0.2, 0) is 14.9 Å². The largest absolute Gasteiger partial charge is 0.353 e. The zero-order valence-electron chi connectivity index (χ0n) is 9.92. The van der Waals surface area contributed by atoms with Crippen molar-refractivity contribution < 1.29 is 9.47 Å². The third-order valence-electron chi connectivity index (χ3n) is 3.60. The van der Waals surface area contributed by atoms with Gasteiger partial charge in [0, 0.05) is 36.9 Å². The van der Waals surface area contributed by atoms with Gasteiger partial charge in [-0.15, -0.1) is 0 Å². The Labute approximate surface area is 105 Å². The highest BCUT2D eigenvalue weighted by atomic mass is 79.9. The lowest BCUT2D eigenvalue weighted by atomic mass is 9.62. The van der Waals surface area contributed by atoms with Crippen LogP contribution >= 0.6 is 15.9 Å². The van der Waals surface area contributed by atoms with Crippen molar-refractivity contribution in [2.45, 2.75) is 31.0 Å². The summed E-state index contributed by atoms with van der Waals surface area (Å²) in [6.45, 7) is 2.26. The Morgan fingerprint density at radius 1 is 1.06 bits per heavy atom. The van der Waals surface area contributed by atoms with Crippen LogP contribution in [0.15, 0.2) is 28.7 Å². The van der Waals surface area contributed by atoms with Crippen LogP contribution in [0.2, 0.25) is 0 Å². The molecule has 0 unspecified atom stereocenters. The van der Waals surface area contributed by atoms with E-state index in [1.54, 1.807) is 14.2 Å². The lowest BCUT2D eigenvalue weighted by molar-refractivity contribution is -0.275. The number of hydrogen-bond acceptors (Lipinski definition) is 2. The van der Waals surface area contributed by atoms with Crippen molar-refractivity contribution >= 4 is 15.9 Å². The highest BCUT2D eigenvalue weighted by Crippen LogP contribution is 2.52. The van der Waals surface area contributed by atoms with Crippen molar-refractivity contribution in [2.24, 2.45) is 0 Å². The molecule has 1 aliphatic rings. The van der Waals surface area contributed by atoms with Gasteiger partial charge in [0.25, 0.3) is 0 Å². The van der Waals surface area contributed by atoms with Gasteiger partial charge >= 0.3 is 0 Å². The van der Waals surface area contributed by atoms with Crippen molar-refractivity contribution in [1.82, 2.24) is 0 Å². The molecule has 1 aromatic rings. The molecule has 1 fully saturated rings. The van der Waals surface area contributed by atoms with Gasteiger partial charge in [-0.05, 0) is 17.7 Å². The van der Waals surface area contributed by atoms with E-state index in [9.17, 15) is 0 Å². The average molecular weight is 285 g/mol. The monoisotopic (exact) mass is 284 g/mol. The zero-order chi connectivity index (χ0) is 11.8. The van der Waals surface area contributed by atoms with Crippen LogP contribution in [-0.4, -0.2) is 20.0 Å². The van der Waals surface area contributed by atoms with E-state index < -0.39 is 0 Å². The molecule has 0 spiro atoms. The summed E-state index contributed by atoms with van der Waals surface area (Å²) < 4.78 is 12.0. The van der Waals surface area contributed by atoms with E-state index in [-0.39, 0.29) is 11.2 Å². The molecule has 0 aromatic heterocycles. The first-order valence-corrected chi connectivity index (χ1v) is 6.19. The van der Waals surface area contributed by atoms with Gasteiger partial charge in [0.05, 0.1) is 0 Å². The molecule has 0 saturated heterocycles. The second-order valence-corrected chi connectivity index (χ2v) is 5.66. The Bertz CT molecular complexity index is 360. The first kappa shape index (κ1) is 12.1. The highest BCUT2D eigenvalue weighted by molar-refractivity contribution is 9.10. The molecule has 0 N–H and O–H groups in total. The second kappa shape index (κ2) is 4.13. The van der Waals surface area contributed by atoms with Gasteiger partial charge < -0.3 is 9.47 Å². The summed E-state index contributed by atoms with van der Waals surface area (Å²) in [6, 6.07) is 8.50. The number of ether oxygens (including phenoxy) is 2. The van der Waals surface area contributed by atoms with Gasteiger partial charge in [-0.3, -0.25) is 0 Å². The quantitative estimate of drug-likeness (QED) is 0.791. The standard InChI is InChI=1S/C13H17BrO2/c1-12(8-13(9-12,15-2)16-3)10-4-6-11(14)7-5-10/h4-7H,8-9H2,1-3H3. The van der Waals surface area contributed by atoms with Crippen LogP contribution < -0.4 is 0 Å². The normalized spacial score (nSPS) is 21.5. The predicted octanol–water partition coefficient (Wildman–Crippen LogP) is 3.49. The van der Waals surface area contributed by atoms with E-state index in [2.05, 4.69) is 47.1 Å². The molecule has 0 amide bonds. The fourth-order valence-corrected chi connectivity index (χ4v) is 2.83. The van der Waals surface area contributed by atoms with Crippen LogP contribution in [0.1, 0.15) is 25.3 Å². The van der Waals surface area contributed by atoms with Gasteiger partial charge in [0.2, 0.25) is 0 Å². The Kier molecular flexibility index (Phi) is 3.12. The Morgan fingerprint density at radius 2 is 1.56 bits per heavy atom. The number of benzene rings is 1. The van der Waals surface area contributed by atoms with Crippen molar-refractivity contribution in [2.75, 3.05) is 14.2 Å². The summed E-state index contributed by atoms with van der Waals surface area (Å²) in [5.74, 6) is -0.373. The molecule has 0 heterocycles. The fraction of sp³-hybridized carbons (Fsp3) is 0.538. The third-order valence-corrected chi connectivity index (χ3v) is 4.13. The van der Waals surface area contributed by atoms with Gasteiger partial charge in [0.15, 0.2) is 5.79 Å². The Balaban J connectivity index is 2.15. The number of rotatable bonds is 3. The van der Waals surface area contributed by atoms with Crippen LogP contribution in [0, 0.1) is 0 Å². The number of methoxy groups -OCH3 is 2. The molecule has 0 atom stereocenters. The first-order valence-electron chi connectivity index (χ1n) is 5.40. The molecule has 1 aromatic carbocycles. The van der Waals surface area contributed by atoms with Crippen LogP contribution in [0.4, 0.5) is 0 Å². The minimum Gasteiger partial charge on any atom is -0.353 e. The average Bonchev–Trinajstić information content (AvgIpc) is 2.25. The maximum absolute atomic E-state index is 5.43. The molecule has 0 aliphatic heterocycles. The number of hydrogen-bond donors (Lipinski definition) is 0. The van der Waals surface area contributed by atoms with E-state index in [0.29, 0.717) is 0 Å². The minimum absolute atomic E-state index is 0.173. The van der Waals surface area contributed by atoms with Crippen molar-refractivity contribution in [1.29, 1.82) is 0 Å². The minimum atomic E-state index is -0.373. The van der Waals surface area contributed by atoms with E-state index in [1.807, 2.05) is 0 Å². The van der Waals surface area contributed by atoms with Gasteiger partial charge in [-0.25, -0.2) is 0 Å². The summed E-state index contributed by atoms with van der Waals surface area (Å²) in [7, 11) is 3.43. The maximum Gasteiger partial charge on any atom is 0.169 e. The Morgan fingerprint density at radius 3 is 2.00 bits per heavy atom. The zero-order valence-corrected chi connectivity index (χ0v) is 11.5. The van der Waals surface area contributed by atoms with Gasteiger partial charge in [-0.1, -0.05) is 35.0 Å². The molecule has 88 valence electrons. The third kappa shape index (κ3) is 1.92. The molecule has 1 saturated carbocycles.